The third kappa shape index (κ3) is 6.47. The highest BCUT2D eigenvalue weighted by Gasteiger charge is 2.06. The van der Waals surface area contributed by atoms with Gasteiger partial charge in [-0.05, 0) is 24.8 Å². The molecule has 0 saturated heterocycles. The summed E-state index contributed by atoms with van der Waals surface area (Å²) in [6.45, 7) is 3.98. The van der Waals surface area contributed by atoms with Gasteiger partial charge in [0.15, 0.2) is 0 Å². The van der Waals surface area contributed by atoms with Gasteiger partial charge in [-0.3, -0.25) is 0 Å². The Labute approximate surface area is 105 Å². The van der Waals surface area contributed by atoms with Crippen LogP contribution < -0.4 is 0 Å². The molecule has 0 fully saturated rings. The van der Waals surface area contributed by atoms with E-state index < -0.39 is 0 Å². The SMILES string of the molecule is CCCCCCC(CO)CC=CC1=NCCO1. The van der Waals surface area contributed by atoms with Crippen LogP contribution in [-0.2, 0) is 4.74 Å². The van der Waals surface area contributed by atoms with Gasteiger partial charge < -0.3 is 9.84 Å². The summed E-state index contributed by atoms with van der Waals surface area (Å²) >= 11 is 0. The molecule has 3 heteroatoms. The molecular formula is C14H25NO2. The summed E-state index contributed by atoms with van der Waals surface area (Å²) in [5, 5.41) is 9.28. The first-order chi connectivity index (χ1) is 8.36. The van der Waals surface area contributed by atoms with Gasteiger partial charge in [-0.15, -0.1) is 0 Å². The largest absolute Gasteiger partial charge is 0.476 e. The average molecular weight is 239 g/mol. The molecule has 0 aromatic rings. The van der Waals surface area contributed by atoms with Gasteiger partial charge in [0, 0.05) is 6.61 Å². The number of allylic oxidation sites excluding steroid dienone is 1. The van der Waals surface area contributed by atoms with Crippen molar-refractivity contribution in [3.8, 4) is 0 Å². The molecule has 0 aromatic carbocycles. The molecule has 98 valence electrons. The van der Waals surface area contributed by atoms with E-state index in [0.29, 0.717) is 12.5 Å². The number of ether oxygens (including phenoxy) is 1. The summed E-state index contributed by atoms with van der Waals surface area (Å²) in [6, 6.07) is 0. The van der Waals surface area contributed by atoms with Crippen molar-refractivity contribution in [2.24, 2.45) is 10.9 Å². The maximum Gasteiger partial charge on any atom is 0.208 e. The van der Waals surface area contributed by atoms with Crippen LogP contribution in [0.15, 0.2) is 17.1 Å². The molecule has 1 heterocycles. The van der Waals surface area contributed by atoms with Crippen molar-refractivity contribution < 1.29 is 9.84 Å². The lowest BCUT2D eigenvalue weighted by atomic mass is 9.98. The Morgan fingerprint density at radius 3 is 2.94 bits per heavy atom. The molecular weight excluding hydrogens is 214 g/mol. The van der Waals surface area contributed by atoms with E-state index in [9.17, 15) is 5.11 Å². The molecule has 1 unspecified atom stereocenters. The first kappa shape index (κ1) is 14.2. The van der Waals surface area contributed by atoms with E-state index in [1.165, 1.54) is 25.7 Å². The molecule has 1 aliphatic heterocycles. The second-order valence-electron chi connectivity index (χ2n) is 4.60. The van der Waals surface area contributed by atoms with Crippen molar-refractivity contribution in [3.05, 3.63) is 12.2 Å². The van der Waals surface area contributed by atoms with Crippen LogP contribution in [0.5, 0.6) is 0 Å². The summed E-state index contributed by atoms with van der Waals surface area (Å²) < 4.78 is 5.28. The highest BCUT2D eigenvalue weighted by molar-refractivity contribution is 5.88. The monoisotopic (exact) mass is 239 g/mol. The van der Waals surface area contributed by atoms with Gasteiger partial charge >= 0.3 is 0 Å². The van der Waals surface area contributed by atoms with Gasteiger partial charge in [0.05, 0.1) is 6.54 Å². The van der Waals surface area contributed by atoms with Gasteiger partial charge in [0.2, 0.25) is 5.90 Å². The fourth-order valence-electron chi connectivity index (χ4n) is 1.96. The van der Waals surface area contributed by atoms with E-state index in [-0.39, 0.29) is 6.61 Å². The summed E-state index contributed by atoms with van der Waals surface area (Å²) in [4.78, 5) is 4.19. The molecule has 0 radical (unpaired) electrons. The maximum atomic E-state index is 9.28. The average Bonchev–Trinajstić information content (AvgIpc) is 2.85. The minimum absolute atomic E-state index is 0.282. The Kier molecular flexibility index (Phi) is 7.72. The van der Waals surface area contributed by atoms with E-state index in [1.54, 1.807) is 0 Å². The zero-order valence-corrected chi connectivity index (χ0v) is 10.9. The molecule has 0 bridgehead atoms. The van der Waals surface area contributed by atoms with Crippen LogP contribution >= 0.6 is 0 Å². The normalized spacial score (nSPS) is 17.2. The van der Waals surface area contributed by atoms with E-state index in [4.69, 9.17) is 4.74 Å². The summed E-state index contributed by atoms with van der Waals surface area (Å²) in [5.74, 6) is 1.14. The molecule has 0 saturated carbocycles. The Balaban J connectivity index is 2.12. The summed E-state index contributed by atoms with van der Waals surface area (Å²) in [5.41, 5.74) is 0. The molecule has 0 aromatic heterocycles. The number of hydrogen-bond acceptors (Lipinski definition) is 3. The van der Waals surface area contributed by atoms with Crippen molar-refractivity contribution in [2.45, 2.75) is 45.4 Å². The van der Waals surface area contributed by atoms with E-state index in [0.717, 1.165) is 25.3 Å². The van der Waals surface area contributed by atoms with Gasteiger partial charge in [0.25, 0.3) is 0 Å². The minimum atomic E-state index is 0.282. The van der Waals surface area contributed by atoms with Crippen molar-refractivity contribution in [3.63, 3.8) is 0 Å². The van der Waals surface area contributed by atoms with Crippen LogP contribution in [0, 0.1) is 5.92 Å². The lowest BCUT2D eigenvalue weighted by molar-refractivity contribution is 0.216. The summed E-state index contributed by atoms with van der Waals surface area (Å²) in [7, 11) is 0. The van der Waals surface area contributed by atoms with Crippen LogP contribution in [-0.4, -0.2) is 30.8 Å². The van der Waals surface area contributed by atoms with E-state index in [1.807, 2.05) is 6.08 Å². The predicted molar refractivity (Wildman–Crippen MR) is 71.3 cm³/mol. The minimum Gasteiger partial charge on any atom is -0.476 e. The van der Waals surface area contributed by atoms with Gasteiger partial charge in [0.1, 0.15) is 6.61 Å². The van der Waals surface area contributed by atoms with Crippen molar-refractivity contribution in [2.75, 3.05) is 19.8 Å². The van der Waals surface area contributed by atoms with Crippen LogP contribution in [0.1, 0.15) is 45.4 Å². The quantitative estimate of drug-likeness (QED) is 0.629. The second kappa shape index (κ2) is 9.23. The van der Waals surface area contributed by atoms with Gasteiger partial charge in [-0.25, -0.2) is 4.99 Å². The molecule has 17 heavy (non-hydrogen) atoms. The predicted octanol–water partition coefficient (Wildman–Crippen LogP) is 2.94. The van der Waals surface area contributed by atoms with Crippen molar-refractivity contribution in [1.29, 1.82) is 0 Å². The lowest BCUT2D eigenvalue weighted by Gasteiger charge is -2.11. The highest BCUT2D eigenvalue weighted by atomic mass is 16.5. The first-order valence-electron chi connectivity index (χ1n) is 6.81. The number of unbranched alkanes of at least 4 members (excludes halogenated alkanes) is 3. The van der Waals surface area contributed by atoms with Crippen LogP contribution in [0.25, 0.3) is 0 Å². The van der Waals surface area contributed by atoms with E-state index in [2.05, 4.69) is 18.0 Å². The number of hydrogen-bond donors (Lipinski definition) is 1. The summed E-state index contributed by atoms with van der Waals surface area (Å²) in [6.07, 6.45) is 11.1. The number of aliphatic imine (C=N–C) groups is 1. The third-order valence-corrected chi connectivity index (χ3v) is 3.06. The zero-order valence-electron chi connectivity index (χ0n) is 10.9. The van der Waals surface area contributed by atoms with Crippen LogP contribution in [0.3, 0.4) is 0 Å². The van der Waals surface area contributed by atoms with Gasteiger partial charge in [-0.1, -0.05) is 38.7 Å². The fraction of sp³-hybridized carbons (Fsp3) is 0.786. The third-order valence-electron chi connectivity index (χ3n) is 3.06. The molecule has 3 nitrogen and oxygen atoms in total. The lowest BCUT2D eigenvalue weighted by Crippen LogP contribution is -2.05. The maximum absolute atomic E-state index is 9.28. The van der Waals surface area contributed by atoms with Crippen molar-refractivity contribution >= 4 is 5.90 Å². The van der Waals surface area contributed by atoms with Crippen molar-refractivity contribution in [1.82, 2.24) is 0 Å². The highest BCUT2D eigenvalue weighted by Crippen LogP contribution is 2.14. The Bertz CT molecular complexity index is 249. The van der Waals surface area contributed by atoms with E-state index >= 15 is 0 Å². The Morgan fingerprint density at radius 2 is 2.29 bits per heavy atom. The standard InChI is InChI=1S/C14H25NO2/c1-2-3-4-5-7-13(12-16)8-6-9-14-15-10-11-17-14/h6,9,13,16H,2-5,7-8,10-12H2,1H3. The molecule has 1 atom stereocenters. The molecule has 0 amide bonds. The van der Waals surface area contributed by atoms with Gasteiger partial charge in [-0.2, -0.15) is 0 Å². The zero-order chi connectivity index (χ0) is 12.3. The Hall–Kier alpha value is -0.830. The van der Waals surface area contributed by atoms with Crippen LogP contribution in [0.4, 0.5) is 0 Å². The number of nitrogens with zero attached hydrogens (tertiary/aromatic N) is 1. The molecule has 1 aliphatic rings. The molecule has 1 N–H and O–H groups in total. The fourth-order valence-corrected chi connectivity index (χ4v) is 1.96. The first-order valence-corrected chi connectivity index (χ1v) is 6.81. The number of aliphatic hydroxyl groups is 1. The molecule has 1 rings (SSSR count). The molecule has 0 aliphatic carbocycles. The topological polar surface area (TPSA) is 41.8 Å². The number of aliphatic hydroxyl groups excluding tert-OH is 1. The smallest absolute Gasteiger partial charge is 0.208 e. The second-order valence-corrected chi connectivity index (χ2v) is 4.60. The number of rotatable bonds is 9. The Morgan fingerprint density at radius 1 is 1.41 bits per heavy atom. The molecule has 0 spiro atoms. The van der Waals surface area contributed by atoms with Crippen LogP contribution in [0.2, 0.25) is 0 Å².